The van der Waals surface area contributed by atoms with Crippen LogP contribution >= 0.6 is 0 Å². The van der Waals surface area contributed by atoms with Gasteiger partial charge in [0.15, 0.2) is 12.4 Å². The van der Waals surface area contributed by atoms with Crippen LogP contribution in [0, 0.1) is 10.1 Å². The Labute approximate surface area is 130 Å². The summed E-state index contributed by atoms with van der Waals surface area (Å²) in [6.45, 7) is -0.420. The lowest BCUT2D eigenvalue weighted by atomic mass is 10.3. The van der Waals surface area contributed by atoms with Gasteiger partial charge in [-0.1, -0.05) is 11.2 Å². The van der Waals surface area contributed by atoms with Crippen molar-refractivity contribution in [2.45, 2.75) is 0 Å². The van der Waals surface area contributed by atoms with E-state index in [0.717, 1.165) is 0 Å². The largest absolute Gasteiger partial charge is 0.482 e. The van der Waals surface area contributed by atoms with E-state index in [1.54, 1.807) is 18.2 Å². The Hall–Kier alpha value is -3.49. The number of oxime groups is 1. The molecule has 0 radical (unpaired) electrons. The number of rotatable bonds is 6. The van der Waals surface area contributed by atoms with Crippen molar-refractivity contribution in [1.29, 1.82) is 0 Å². The Morgan fingerprint density at radius 2 is 2.00 bits per heavy atom. The van der Waals surface area contributed by atoms with E-state index in [9.17, 15) is 14.9 Å². The van der Waals surface area contributed by atoms with Crippen LogP contribution in [0.15, 0.2) is 53.8 Å². The average molecular weight is 316 g/mol. The van der Waals surface area contributed by atoms with Gasteiger partial charge < -0.3 is 15.3 Å². The van der Waals surface area contributed by atoms with E-state index in [1.165, 1.54) is 30.5 Å². The molecule has 1 aromatic carbocycles. The summed E-state index contributed by atoms with van der Waals surface area (Å²) in [5.74, 6) is -0.536. The number of carbonyl (C=O) groups is 1. The normalized spacial score (nSPS) is 10.9. The van der Waals surface area contributed by atoms with Gasteiger partial charge in [0, 0.05) is 18.3 Å². The van der Waals surface area contributed by atoms with Crippen LogP contribution < -0.4 is 10.5 Å². The van der Waals surface area contributed by atoms with Gasteiger partial charge >= 0.3 is 5.97 Å². The number of nitro groups is 1. The van der Waals surface area contributed by atoms with Crippen molar-refractivity contribution in [2.75, 3.05) is 6.61 Å². The summed E-state index contributed by atoms with van der Waals surface area (Å²) in [7, 11) is 0. The van der Waals surface area contributed by atoms with Crippen LogP contribution in [0.2, 0.25) is 0 Å². The Morgan fingerprint density at radius 3 is 2.61 bits per heavy atom. The van der Waals surface area contributed by atoms with E-state index in [-0.39, 0.29) is 17.3 Å². The summed E-state index contributed by atoms with van der Waals surface area (Å²) in [6, 6.07) is 10.3. The van der Waals surface area contributed by atoms with Gasteiger partial charge in [0.2, 0.25) is 0 Å². The van der Waals surface area contributed by atoms with Crippen molar-refractivity contribution in [2.24, 2.45) is 10.9 Å². The van der Waals surface area contributed by atoms with E-state index in [2.05, 4.69) is 15.0 Å². The Balaban J connectivity index is 1.84. The molecule has 1 aromatic heterocycles. The van der Waals surface area contributed by atoms with Crippen LogP contribution in [0.1, 0.15) is 5.69 Å². The molecular weight excluding hydrogens is 304 g/mol. The van der Waals surface area contributed by atoms with Crippen molar-refractivity contribution in [3.8, 4) is 5.75 Å². The number of aromatic nitrogens is 1. The first-order valence-corrected chi connectivity index (χ1v) is 6.38. The second-order valence-electron chi connectivity index (χ2n) is 4.19. The summed E-state index contributed by atoms with van der Waals surface area (Å²) in [5, 5.41) is 14.0. The summed E-state index contributed by atoms with van der Waals surface area (Å²) in [6.07, 6.45) is 1.53. The van der Waals surface area contributed by atoms with Gasteiger partial charge in [-0.25, -0.2) is 4.79 Å². The molecule has 9 heteroatoms. The Kier molecular flexibility index (Phi) is 5.18. The third kappa shape index (κ3) is 4.77. The van der Waals surface area contributed by atoms with Gasteiger partial charge in [-0.15, -0.1) is 0 Å². The van der Waals surface area contributed by atoms with Crippen LogP contribution in [0.4, 0.5) is 5.69 Å². The zero-order valence-corrected chi connectivity index (χ0v) is 11.8. The highest BCUT2D eigenvalue weighted by Crippen LogP contribution is 2.17. The monoisotopic (exact) mass is 316 g/mol. The molecule has 0 bridgehead atoms. The van der Waals surface area contributed by atoms with Crippen LogP contribution in [0.3, 0.4) is 0 Å². The second-order valence-corrected chi connectivity index (χ2v) is 4.19. The molecule has 0 aliphatic heterocycles. The first-order chi connectivity index (χ1) is 11.1. The summed E-state index contributed by atoms with van der Waals surface area (Å²) >= 11 is 0. The fourth-order valence-electron chi connectivity index (χ4n) is 1.49. The molecule has 0 spiro atoms. The highest BCUT2D eigenvalue weighted by Gasteiger charge is 2.08. The maximum Gasteiger partial charge on any atom is 0.372 e. The maximum absolute atomic E-state index is 11.5. The van der Waals surface area contributed by atoms with Gasteiger partial charge in [0.1, 0.15) is 11.4 Å². The molecule has 118 valence electrons. The van der Waals surface area contributed by atoms with Crippen molar-refractivity contribution in [3.05, 3.63) is 64.5 Å². The van der Waals surface area contributed by atoms with Gasteiger partial charge in [0.25, 0.3) is 5.69 Å². The standard InChI is InChI=1S/C14H12N4O5/c15-14(12-3-1-2-8-16-12)17-23-13(19)9-22-11-6-4-10(5-7-11)18(20)21/h1-8H,9H2,(H2,15,17). The second kappa shape index (κ2) is 7.50. The lowest BCUT2D eigenvalue weighted by molar-refractivity contribution is -0.384. The van der Waals surface area contributed by atoms with Crippen molar-refractivity contribution < 1.29 is 19.3 Å². The molecule has 0 aliphatic carbocycles. The lowest BCUT2D eigenvalue weighted by Crippen LogP contribution is -2.18. The zero-order valence-electron chi connectivity index (χ0n) is 11.8. The molecule has 2 N–H and O–H groups in total. The number of hydrogen-bond acceptors (Lipinski definition) is 7. The molecule has 23 heavy (non-hydrogen) atoms. The maximum atomic E-state index is 11.5. The number of ether oxygens (including phenoxy) is 1. The van der Waals surface area contributed by atoms with Gasteiger partial charge in [0.05, 0.1) is 4.92 Å². The predicted molar refractivity (Wildman–Crippen MR) is 79.6 cm³/mol. The predicted octanol–water partition coefficient (Wildman–Crippen LogP) is 1.23. The quantitative estimate of drug-likeness (QED) is 0.279. The third-order valence-electron chi connectivity index (χ3n) is 2.58. The summed E-state index contributed by atoms with van der Waals surface area (Å²) in [4.78, 5) is 30.0. The number of carbonyl (C=O) groups excluding carboxylic acids is 1. The van der Waals surface area contributed by atoms with Gasteiger partial charge in [-0.3, -0.25) is 15.1 Å². The molecule has 1 heterocycles. The number of amidine groups is 1. The summed E-state index contributed by atoms with van der Waals surface area (Å²) in [5.41, 5.74) is 5.90. The number of benzene rings is 1. The summed E-state index contributed by atoms with van der Waals surface area (Å²) < 4.78 is 5.12. The highest BCUT2D eigenvalue weighted by molar-refractivity contribution is 5.95. The minimum absolute atomic E-state index is 0.0470. The number of nitrogens with zero attached hydrogens (tertiary/aromatic N) is 3. The van der Waals surface area contributed by atoms with Crippen LogP contribution in [-0.4, -0.2) is 28.3 Å². The van der Waals surface area contributed by atoms with E-state index >= 15 is 0 Å². The lowest BCUT2D eigenvalue weighted by Gasteiger charge is -2.04. The molecule has 0 saturated heterocycles. The van der Waals surface area contributed by atoms with Gasteiger partial charge in [-0.2, -0.15) is 0 Å². The fourth-order valence-corrected chi connectivity index (χ4v) is 1.49. The minimum atomic E-state index is -0.776. The number of non-ortho nitro benzene ring substituents is 1. The number of nitro benzene ring substituents is 1. The smallest absolute Gasteiger partial charge is 0.372 e. The number of nitrogens with two attached hydrogens (primary N) is 1. The highest BCUT2D eigenvalue weighted by atomic mass is 16.7. The fraction of sp³-hybridized carbons (Fsp3) is 0.0714. The van der Waals surface area contributed by atoms with Gasteiger partial charge in [-0.05, 0) is 24.3 Å². The molecule has 2 aromatic rings. The van der Waals surface area contributed by atoms with E-state index < -0.39 is 17.5 Å². The van der Waals surface area contributed by atoms with Crippen molar-refractivity contribution in [3.63, 3.8) is 0 Å². The topological polar surface area (TPSA) is 130 Å². The van der Waals surface area contributed by atoms with E-state index in [0.29, 0.717) is 5.69 Å². The minimum Gasteiger partial charge on any atom is -0.482 e. The number of hydrogen-bond donors (Lipinski definition) is 1. The zero-order chi connectivity index (χ0) is 16.7. The molecular formula is C14H12N4O5. The number of pyridine rings is 1. The molecule has 0 unspecified atom stereocenters. The third-order valence-corrected chi connectivity index (χ3v) is 2.58. The SMILES string of the molecule is N/C(=N/OC(=O)COc1ccc([N+](=O)[O-])cc1)c1ccccn1. The van der Waals surface area contributed by atoms with Crippen molar-refractivity contribution in [1.82, 2.24) is 4.98 Å². The first kappa shape index (κ1) is 15.9. The molecule has 0 amide bonds. The van der Waals surface area contributed by atoms with Crippen LogP contribution in [0.25, 0.3) is 0 Å². The Morgan fingerprint density at radius 1 is 1.26 bits per heavy atom. The molecule has 0 fully saturated rings. The molecule has 0 aliphatic rings. The van der Waals surface area contributed by atoms with Crippen LogP contribution in [0.5, 0.6) is 5.75 Å². The Bertz CT molecular complexity index is 716. The first-order valence-electron chi connectivity index (χ1n) is 6.38. The molecule has 0 atom stereocenters. The van der Waals surface area contributed by atoms with Crippen molar-refractivity contribution >= 4 is 17.5 Å². The van der Waals surface area contributed by atoms with Crippen LogP contribution in [-0.2, 0) is 9.63 Å². The molecule has 9 nitrogen and oxygen atoms in total. The average Bonchev–Trinajstić information content (AvgIpc) is 2.59. The van der Waals surface area contributed by atoms with E-state index in [1.807, 2.05) is 0 Å². The molecule has 0 saturated carbocycles. The van der Waals surface area contributed by atoms with E-state index in [4.69, 9.17) is 10.5 Å². The molecule has 2 rings (SSSR count).